The van der Waals surface area contributed by atoms with E-state index in [1.807, 2.05) is 0 Å². The first-order valence-corrected chi connectivity index (χ1v) is 7.42. The van der Waals surface area contributed by atoms with Crippen LogP contribution in [0.3, 0.4) is 0 Å². The Morgan fingerprint density at radius 3 is 2.00 bits per heavy atom. The van der Waals surface area contributed by atoms with Gasteiger partial charge in [-0.2, -0.15) is 0 Å². The molecule has 0 aromatic carbocycles. The molecule has 1 nitrogen and oxygen atoms in total. The first-order valence-electron chi connectivity index (χ1n) is 7.42. The van der Waals surface area contributed by atoms with Gasteiger partial charge < -0.3 is 4.90 Å². The van der Waals surface area contributed by atoms with Gasteiger partial charge in [-0.05, 0) is 42.9 Å². The summed E-state index contributed by atoms with van der Waals surface area (Å²) in [5.41, 5.74) is 1.94. The molecule has 0 spiro atoms. The van der Waals surface area contributed by atoms with Gasteiger partial charge in [0.25, 0.3) is 0 Å². The fourth-order valence-corrected chi connectivity index (χ4v) is 3.55. The van der Waals surface area contributed by atoms with Crippen molar-refractivity contribution in [3.8, 4) is 0 Å². The molecule has 0 N–H and O–H groups in total. The summed E-state index contributed by atoms with van der Waals surface area (Å²) in [5, 5.41) is 0. The van der Waals surface area contributed by atoms with E-state index in [-0.39, 0.29) is 0 Å². The van der Waals surface area contributed by atoms with Gasteiger partial charge in [-0.15, -0.1) is 0 Å². The van der Waals surface area contributed by atoms with E-state index >= 15 is 0 Å². The van der Waals surface area contributed by atoms with Crippen molar-refractivity contribution in [3.05, 3.63) is 12.3 Å². The van der Waals surface area contributed by atoms with E-state index < -0.39 is 0 Å². The second-order valence-corrected chi connectivity index (χ2v) is 7.10. The average Bonchev–Trinajstić information content (AvgIpc) is 2.80. The van der Waals surface area contributed by atoms with Crippen molar-refractivity contribution in [3.63, 3.8) is 0 Å². The lowest BCUT2D eigenvalue weighted by atomic mass is 9.75. The molecule has 0 aromatic heterocycles. The van der Waals surface area contributed by atoms with Crippen molar-refractivity contribution >= 4 is 0 Å². The first-order chi connectivity index (χ1) is 7.98. The van der Waals surface area contributed by atoms with Crippen LogP contribution in [0.5, 0.6) is 0 Å². The number of allylic oxidation sites excluding steroid dienone is 1. The minimum atomic E-state index is 0.487. The number of hydrogen-bond acceptors (Lipinski definition) is 1. The molecule has 17 heavy (non-hydrogen) atoms. The summed E-state index contributed by atoms with van der Waals surface area (Å²) in [6.45, 7) is 14.0. The normalized spacial score (nSPS) is 24.3. The Morgan fingerprint density at radius 1 is 1.00 bits per heavy atom. The summed E-state index contributed by atoms with van der Waals surface area (Å²) in [7, 11) is 0. The molecule has 2 rings (SSSR count). The molecule has 1 heteroatoms. The predicted molar refractivity (Wildman–Crippen MR) is 74.9 cm³/mol. The highest BCUT2D eigenvalue weighted by Gasteiger charge is 2.30. The first kappa shape index (κ1) is 13.0. The van der Waals surface area contributed by atoms with Crippen molar-refractivity contribution in [1.29, 1.82) is 0 Å². The second-order valence-electron chi connectivity index (χ2n) is 7.10. The third-order valence-corrected chi connectivity index (χ3v) is 4.95. The van der Waals surface area contributed by atoms with Crippen LogP contribution >= 0.6 is 0 Å². The van der Waals surface area contributed by atoms with Gasteiger partial charge in [-0.3, -0.25) is 0 Å². The standard InChI is InChI=1S/C16H29N/c1-13(14-7-5-6-8-14)17-11-9-15(10-12-17)16(2,3)4/h14-15H,1,5-12H2,2-4H3. The Labute approximate surface area is 107 Å². The quantitative estimate of drug-likeness (QED) is 0.683. The van der Waals surface area contributed by atoms with Crippen molar-refractivity contribution in [2.45, 2.75) is 59.3 Å². The zero-order valence-electron chi connectivity index (χ0n) is 12.0. The van der Waals surface area contributed by atoms with Crippen molar-refractivity contribution in [2.75, 3.05) is 13.1 Å². The molecule has 0 aromatic rings. The van der Waals surface area contributed by atoms with E-state index in [4.69, 9.17) is 0 Å². The number of piperidine rings is 1. The smallest absolute Gasteiger partial charge is 0.0177 e. The Balaban J connectivity index is 1.84. The molecular formula is C16H29N. The molecule has 1 aliphatic heterocycles. The fourth-order valence-electron chi connectivity index (χ4n) is 3.55. The number of likely N-dealkylation sites (tertiary alicyclic amines) is 1. The summed E-state index contributed by atoms with van der Waals surface area (Å²) in [5.74, 6) is 1.70. The van der Waals surface area contributed by atoms with E-state index in [9.17, 15) is 0 Å². The zero-order chi connectivity index (χ0) is 12.5. The third kappa shape index (κ3) is 3.05. The zero-order valence-corrected chi connectivity index (χ0v) is 12.0. The maximum Gasteiger partial charge on any atom is 0.0177 e. The number of nitrogens with zero attached hydrogens (tertiary/aromatic N) is 1. The van der Waals surface area contributed by atoms with E-state index in [1.54, 1.807) is 0 Å². The Bertz CT molecular complexity index is 260. The van der Waals surface area contributed by atoms with Gasteiger partial charge in [0.15, 0.2) is 0 Å². The van der Waals surface area contributed by atoms with E-state index in [2.05, 4.69) is 32.3 Å². The van der Waals surface area contributed by atoms with E-state index in [0.717, 1.165) is 11.8 Å². The lowest BCUT2D eigenvalue weighted by Gasteiger charge is -2.41. The van der Waals surface area contributed by atoms with Gasteiger partial charge in [0.2, 0.25) is 0 Å². The molecule has 0 radical (unpaired) electrons. The Hall–Kier alpha value is -0.460. The fraction of sp³-hybridized carbons (Fsp3) is 0.875. The van der Waals surface area contributed by atoms with Gasteiger partial charge in [0.1, 0.15) is 0 Å². The van der Waals surface area contributed by atoms with Gasteiger partial charge in [0, 0.05) is 18.8 Å². The highest BCUT2D eigenvalue weighted by Crippen LogP contribution is 2.38. The van der Waals surface area contributed by atoms with Crippen LogP contribution in [0.4, 0.5) is 0 Å². The second kappa shape index (κ2) is 5.04. The summed E-state index contributed by atoms with van der Waals surface area (Å²) >= 11 is 0. The highest BCUT2D eigenvalue weighted by molar-refractivity contribution is 5.03. The monoisotopic (exact) mass is 235 g/mol. The SMILES string of the molecule is C=C(C1CCCC1)N1CCC(C(C)(C)C)CC1. The molecule has 2 aliphatic rings. The van der Waals surface area contributed by atoms with Crippen LogP contribution in [0, 0.1) is 17.3 Å². The summed E-state index contributed by atoms with van der Waals surface area (Å²) in [6.07, 6.45) is 8.32. The Morgan fingerprint density at radius 2 is 1.53 bits per heavy atom. The van der Waals surface area contributed by atoms with Gasteiger partial charge in [0.05, 0.1) is 0 Å². The maximum atomic E-state index is 4.37. The largest absolute Gasteiger partial charge is 0.375 e. The summed E-state index contributed by atoms with van der Waals surface area (Å²) < 4.78 is 0. The number of hydrogen-bond donors (Lipinski definition) is 0. The van der Waals surface area contributed by atoms with Crippen molar-refractivity contribution < 1.29 is 0 Å². The van der Waals surface area contributed by atoms with Crippen LogP contribution in [-0.2, 0) is 0 Å². The van der Waals surface area contributed by atoms with Crippen LogP contribution < -0.4 is 0 Å². The Kier molecular flexibility index (Phi) is 3.85. The summed E-state index contributed by atoms with van der Waals surface area (Å²) in [6, 6.07) is 0. The summed E-state index contributed by atoms with van der Waals surface area (Å²) in [4.78, 5) is 2.58. The molecule has 0 atom stereocenters. The lowest BCUT2D eigenvalue weighted by molar-refractivity contribution is 0.125. The van der Waals surface area contributed by atoms with Gasteiger partial charge in [-0.25, -0.2) is 0 Å². The average molecular weight is 235 g/mol. The molecule has 98 valence electrons. The van der Waals surface area contributed by atoms with Crippen molar-refractivity contribution in [2.24, 2.45) is 17.3 Å². The van der Waals surface area contributed by atoms with Gasteiger partial charge >= 0.3 is 0 Å². The van der Waals surface area contributed by atoms with Gasteiger partial charge in [-0.1, -0.05) is 40.2 Å². The van der Waals surface area contributed by atoms with Crippen LogP contribution in [0.15, 0.2) is 12.3 Å². The molecule has 1 saturated carbocycles. The molecule has 1 aliphatic carbocycles. The molecule has 0 amide bonds. The van der Waals surface area contributed by atoms with Crippen LogP contribution in [0.1, 0.15) is 59.3 Å². The molecule has 0 bridgehead atoms. The third-order valence-electron chi connectivity index (χ3n) is 4.95. The van der Waals surface area contributed by atoms with Crippen LogP contribution in [0.2, 0.25) is 0 Å². The van der Waals surface area contributed by atoms with Crippen molar-refractivity contribution in [1.82, 2.24) is 4.90 Å². The maximum absolute atomic E-state index is 4.37. The molecule has 2 fully saturated rings. The van der Waals surface area contributed by atoms with E-state index in [0.29, 0.717) is 5.41 Å². The van der Waals surface area contributed by atoms with E-state index in [1.165, 1.54) is 57.3 Å². The number of rotatable bonds is 2. The minimum Gasteiger partial charge on any atom is -0.375 e. The predicted octanol–water partition coefficient (Wildman–Crippen LogP) is 4.45. The lowest BCUT2D eigenvalue weighted by Crippen LogP contribution is -2.38. The van der Waals surface area contributed by atoms with Crippen LogP contribution in [0.25, 0.3) is 0 Å². The molecule has 0 unspecified atom stereocenters. The minimum absolute atomic E-state index is 0.487. The molecule has 1 heterocycles. The molecule has 1 saturated heterocycles. The topological polar surface area (TPSA) is 3.24 Å². The highest BCUT2D eigenvalue weighted by atomic mass is 15.1. The van der Waals surface area contributed by atoms with Crippen LogP contribution in [-0.4, -0.2) is 18.0 Å². The molecular weight excluding hydrogens is 206 g/mol.